The number of pyridine rings is 1. The summed E-state index contributed by atoms with van der Waals surface area (Å²) in [6.07, 6.45) is 14.6. The van der Waals surface area contributed by atoms with E-state index in [0.29, 0.717) is 37.3 Å². The minimum atomic E-state index is -4.62. The van der Waals surface area contributed by atoms with Crippen LogP contribution in [0.15, 0.2) is 83.5 Å². The average molecular weight is 933 g/mol. The molecule has 4 aromatic rings. The lowest BCUT2D eigenvalue weighted by Gasteiger charge is -2.57. The van der Waals surface area contributed by atoms with Crippen molar-refractivity contribution in [2.45, 2.75) is 107 Å². The lowest BCUT2D eigenvalue weighted by Crippen LogP contribution is -2.63. The van der Waals surface area contributed by atoms with Crippen LogP contribution in [0.5, 0.6) is 5.75 Å². The zero-order valence-electron chi connectivity index (χ0n) is 37.2. The minimum Gasteiger partial charge on any atom is -0.485 e. The molecule has 8 rings (SSSR count). The predicted molar refractivity (Wildman–Crippen MR) is 249 cm³/mol. The number of amides is 1. The van der Waals surface area contributed by atoms with Gasteiger partial charge in [-0.3, -0.25) is 19.8 Å². The lowest BCUT2D eigenvalue weighted by atomic mass is 9.70. The van der Waals surface area contributed by atoms with E-state index < -0.39 is 49.5 Å². The molecule has 1 spiro atoms. The number of anilines is 1. The van der Waals surface area contributed by atoms with Crippen LogP contribution in [0.3, 0.4) is 0 Å². The zero-order valence-corrected chi connectivity index (χ0v) is 38.8. The number of carbonyl (C=O) groups is 1. The van der Waals surface area contributed by atoms with E-state index in [2.05, 4.69) is 67.9 Å². The number of allylic oxidation sites excluding steroid dienone is 2. The lowest BCUT2D eigenvalue weighted by molar-refractivity contribution is -0.384. The van der Waals surface area contributed by atoms with Gasteiger partial charge >= 0.3 is 0 Å². The van der Waals surface area contributed by atoms with Gasteiger partial charge in [-0.15, -0.1) is 0 Å². The Morgan fingerprint density at radius 3 is 2.57 bits per heavy atom. The number of H-pyrrole nitrogens is 1. The number of aromatic amines is 1. The molecule has 2 saturated heterocycles. The maximum atomic E-state index is 14.4. The summed E-state index contributed by atoms with van der Waals surface area (Å²) in [5.41, 5.74) is 2.29. The maximum Gasteiger partial charge on any atom is 0.293 e. The largest absolute Gasteiger partial charge is 0.485 e. The third-order valence-electron chi connectivity index (χ3n) is 14.2. The molecule has 2 saturated carbocycles. The van der Waals surface area contributed by atoms with E-state index in [-0.39, 0.29) is 44.5 Å². The highest BCUT2D eigenvalue weighted by molar-refractivity contribution is 7.90. The van der Waals surface area contributed by atoms with Gasteiger partial charge < -0.3 is 25.0 Å². The zero-order chi connectivity index (χ0) is 46.1. The number of ether oxygens (including phenoxy) is 1. The quantitative estimate of drug-likeness (QED) is 0.0294. The molecule has 4 heterocycles. The fraction of sp³-hybridized carbons (Fsp3) is 0.500. The van der Waals surface area contributed by atoms with E-state index >= 15 is 0 Å². The number of aliphatic hydroxyl groups is 1. The van der Waals surface area contributed by atoms with Crippen LogP contribution < -0.4 is 14.8 Å². The van der Waals surface area contributed by atoms with Gasteiger partial charge in [-0.1, -0.05) is 56.1 Å². The Hall–Kier alpha value is -5.03. The molecule has 4 fully saturated rings. The minimum absolute atomic E-state index is 0.0237. The summed E-state index contributed by atoms with van der Waals surface area (Å²) in [4.78, 5) is 36.5. The summed E-state index contributed by atoms with van der Waals surface area (Å²) < 4.78 is 49.7. The van der Waals surface area contributed by atoms with Crippen molar-refractivity contribution in [2.24, 2.45) is 11.3 Å². The molecule has 1 amide bonds. The topological polar surface area (TPSA) is 183 Å². The number of benzene rings is 2. The Bertz CT molecular complexity index is 2570. The van der Waals surface area contributed by atoms with E-state index in [9.17, 15) is 32.8 Å². The molecule has 4 N–H and O–H groups in total. The molecule has 14 nitrogen and oxygen atoms in total. The van der Waals surface area contributed by atoms with Gasteiger partial charge in [0.05, 0.1) is 26.4 Å². The van der Waals surface area contributed by atoms with Gasteiger partial charge in [-0.2, -0.15) is 0 Å². The van der Waals surface area contributed by atoms with Gasteiger partial charge in [-0.25, -0.2) is 22.5 Å². The number of nitro groups is 1. The Labute approximate surface area is 384 Å². The Balaban J connectivity index is 0.932. The number of nitro benzene ring substituents is 1. The summed E-state index contributed by atoms with van der Waals surface area (Å²) in [7, 11) is -4.62. The smallest absolute Gasteiger partial charge is 0.293 e. The first-order valence-electron chi connectivity index (χ1n) is 22.7. The summed E-state index contributed by atoms with van der Waals surface area (Å²) in [6, 6.07) is 14.3. The van der Waals surface area contributed by atoms with Crippen LogP contribution in [-0.2, 0) is 14.8 Å². The van der Waals surface area contributed by atoms with Gasteiger partial charge in [0.15, 0.2) is 10.9 Å². The van der Waals surface area contributed by atoms with E-state index in [1.807, 2.05) is 6.20 Å². The van der Waals surface area contributed by atoms with E-state index in [0.717, 1.165) is 64.1 Å². The van der Waals surface area contributed by atoms with Crippen molar-refractivity contribution in [3.63, 3.8) is 0 Å². The number of piperidine rings is 1. The number of rotatable bonds is 15. The molecule has 17 heteroatoms. The van der Waals surface area contributed by atoms with Crippen molar-refractivity contribution < 1.29 is 32.4 Å². The average Bonchev–Trinajstić information content (AvgIpc) is 3.89. The fourth-order valence-electron chi connectivity index (χ4n) is 10.3. The van der Waals surface area contributed by atoms with Gasteiger partial charge in [0.1, 0.15) is 23.8 Å². The SMILES string of the molecule is CC(C)c1ccccc1[C@H]1CCC[C@H]1N1CC2(CCN(/C=C/C=C(\COc3cc4c(F)c[nH]c4nc3Cl)C(=O)NS(=O)(=O)c3ccc(NC[C@H]4CC[C@](C)(O)CC4)c([N+](=O)[O-])c3)CC2)C1. The number of hydrogen-bond acceptors (Lipinski definition) is 11. The van der Waals surface area contributed by atoms with Crippen LogP contribution in [0.4, 0.5) is 15.8 Å². The van der Waals surface area contributed by atoms with E-state index in [4.69, 9.17) is 16.3 Å². The van der Waals surface area contributed by atoms with Crippen LogP contribution in [0.2, 0.25) is 5.15 Å². The first-order chi connectivity index (χ1) is 31.0. The number of sulfonamides is 1. The summed E-state index contributed by atoms with van der Waals surface area (Å²) in [6.45, 7) is 10.1. The second-order valence-corrected chi connectivity index (χ2v) is 21.2. The van der Waals surface area contributed by atoms with Crippen molar-refractivity contribution in [1.29, 1.82) is 0 Å². The van der Waals surface area contributed by atoms with E-state index in [1.165, 1.54) is 54.7 Å². The number of likely N-dealkylation sites (tertiary alicyclic amines) is 2. The summed E-state index contributed by atoms with van der Waals surface area (Å²) in [5.74, 6) is -0.393. The van der Waals surface area contributed by atoms with Crippen molar-refractivity contribution in [3.05, 3.63) is 111 Å². The second kappa shape index (κ2) is 19.1. The van der Waals surface area contributed by atoms with Crippen molar-refractivity contribution >= 4 is 49.9 Å². The molecule has 4 aliphatic rings. The molecule has 65 heavy (non-hydrogen) atoms. The molecule has 348 valence electrons. The number of nitrogens with zero attached hydrogens (tertiary/aromatic N) is 4. The van der Waals surface area contributed by atoms with Gasteiger partial charge in [-0.05, 0) is 129 Å². The van der Waals surface area contributed by atoms with Gasteiger partial charge in [0.2, 0.25) is 0 Å². The van der Waals surface area contributed by atoms with E-state index in [1.54, 1.807) is 13.0 Å². The first-order valence-corrected chi connectivity index (χ1v) is 24.6. The molecule has 2 aromatic carbocycles. The highest BCUT2D eigenvalue weighted by Crippen LogP contribution is 2.48. The molecule has 2 aliphatic heterocycles. The predicted octanol–water partition coefficient (Wildman–Crippen LogP) is 8.80. The van der Waals surface area contributed by atoms with Crippen molar-refractivity contribution in [2.75, 3.05) is 44.6 Å². The van der Waals surface area contributed by atoms with Crippen molar-refractivity contribution in [3.8, 4) is 5.75 Å². The number of carbonyl (C=O) groups excluding carboxylic acids is 1. The van der Waals surface area contributed by atoms with Crippen LogP contribution >= 0.6 is 11.6 Å². The summed E-state index contributed by atoms with van der Waals surface area (Å²) >= 11 is 6.35. The van der Waals surface area contributed by atoms with Crippen LogP contribution in [-0.4, -0.2) is 95.1 Å². The van der Waals surface area contributed by atoms with Crippen molar-refractivity contribution in [1.82, 2.24) is 24.5 Å². The third kappa shape index (κ3) is 10.5. The molecule has 2 aromatic heterocycles. The third-order valence-corrected chi connectivity index (χ3v) is 15.8. The molecular formula is C48H59ClFN7O7S. The molecule has 2 aliphatic carbocycles. The molecule has 0 bridgehead atoms. The van der Waals surface area contributed by atoms with Crippen LogP contribution in [0, 0.1) is 27.3 Å². The highest BCUT2D eigenvalue weighted by Gasteiger charge is 2.49. The Kier molecular flexibility index (Phi) is 13.6. The van der Waals surface area contributed by atoms with Crippen LogP contribution in [0.25, 0.3) is 11.0 Å². The molecule has 2 atom stereocenters. The Morgan fingerprint density at radius 1 is 1.11 bits per heavy atom. The van der Waals surface area contributed by atoms with Gasteiger partial charge in [0.25, 0.3) is 21.6 Å². The number of fused-ring (bicyclic) bond motifs is 1. The number of nitrogens with one attached hydrogen (secondary N) is 3. The van der Waals surface area contributed by atoms with Crippen LogP contribution in [0.1, 0.15) is 102 Å². The maximum absolute atomic E-state index is 14.4. The van der Waals surface area contributed by atoms with Gasteiger partial charge in [0, 0.05) is 51.0 Å². The number of aromatic nitrogens is 2. The molecule has 0 unspecified atom stereocenters. The number of hydrogen-bond donors (Lipinski definition) is 4. The fourth-order valence-corrected chi connectivity index (χ4v) is 11.5. The summed E-state index contributed by atoms with van der Waals surface area (Å²) in [5, 5.41) is 25.5. The molecule has 0 radical (unpaired) electrons. The number of halogens is 2. The Morgan fingerprint density at radius 2 is 1.85 bits per heavy atom. The standard InChI is InChI=1S/C48H59ClFN7O7S/c1-31(2)35-9-4-5-10-36(35)37-11-6-12-41(37)56-29-48(30-56)19-22-55(23-20-48)21-7-8-33(28-64-43-25-38-39(50)27-52-45(38)53-44(43)49)46(58)54-65(62,63)34-13-14-40(42(24-34)57(60)61)51-26-32-15-17-47(3,59)18-16-32/h4-5,7-10,13-14,21,24-25,27,31-32,37,41,51,59H,6,11-12,15-20,22-23,26,28-30H2,1-3H3,(H,52,53)(H,54,58)/b21-7+,33-8+/t32-,37-,41-,47-/m1/s1. The first kappa shape index (κ1) is 46.5. The molecular weight excluding hydrogens is 873 g/mol. The normalized spacial score (nSPS) is 23.9. The highest BCUT2D eigenvalue weighted by atomic mass is 35.5. The second-order valence-electron chi connectivity index (χ2n) is 19.2. The monoisotopic (exact) mass is 931 g/mol.